The number of halogens is 1. The van der Waals surface area contributed by atoms with E-state index in [9.17, 15) is 9.59 Å². The van der Waals surface area contributed by atoms with Crippen molar-refractivity contribution in [2.75, 3.05) is 0 Å². The van der Waals surface area contributed by atoms with Crippen LogP contribution < -0.4 is 5.32 Å². The van der Waals surface area contributed by atoms with Gasteiger partial charge in [0.2, 0.25) is 5.91 Å². The fourth-order valence-corrected chi connectivity index (χ4v) is 5.64. The summed E-state index contributed by atoms with van der Waals surface area (Å²) in [5.74, 6) is 0.199. The molecule has 6 nitrogen and oxygen atoms in total. The molecule has 32 heavy (non-hydrogen) atoms. The van der Waals surface area contributed by atoms with Crippen molar-refractivity contribution in [3.8, 4) is 0 Å². The number of carbonyl (C=O) groups is 2. The minimum Gasteiger partial charge on any atom is -0.463 e. The van der Waals surface area contributed by atoms with Crippen molar-refractivity contribution >= 4 is 38.8 Å². The van der Waals surface area contributed by atoms with Crippen LogP contribution in [0, 0.1) is 5.92 Å². The van der Waals surface area contributed by atoms with Crippen LogP contribution in [0.25, 0.3) is 11.1 Å². The van der Waals surface area contributed by atoms with Crippen molar-refractivity contribution < 1.29 is 14.0 Å². The molecular formula is C25H28BrN3O3. The number of aromatic nitrogens is 1. The van der Waals surface area contributed by atoms with Gasteiger partial charge in [0.1, 0.15) is 11.2 Å². The number of nitrogens with one attached hydrogen (secondary N) is 1. The summed E-state index contributed by atoms with van der Waals surface area (Å²) in [4.78, 5) is 29.3. The Morgan fingerprint density at radius 1 is 1.25 bits per heavy atom. The summed E-state index contributed by atoms with van der Waals surface area (Å²) in [6.07, 6.45) is 6.08. The first-order valence-electron chi connectivity index (χ1n) is 11.3. The van der Waals surface area contributed by atoms with Crippen LogP contribution in [0.3, 0.4) is 0 Å². The molecule has 3 heterocycles. The van der Waals surface area contributed by atoms with Crippen LogP contribution >= 0.6 is 15.9 Å². The fraction of sp³-hybridized carbons (Fsp3) is 0.440. The lowest BCUT2D eigenvalue weighted by molar-refractivity contribution is -0.134. The van der Waals surface area contributed by atoms with Crippen LogP contribution in [0.2, 0.25) is 0 Å². The maximum Gasteiger partial charge on any atom is 0.271 e. The number of carbonyl (C=O) groups excluding carboxylic acids is 2. The molecule has 2 aromatic heterocycles. The quantitative estimate of drug-likeness (QED) is 0.544. The monoisotopic (exact) mass is 497 g/mol. The van der Waals surface area contributed by atoms with Gasteiger partial charge in [-0.1, -0.05) is 47.8 Å². The molecule has 168 valence electrons. The SMILES string of the molecule is C[C@@H]1CCCC[C@H]1NC(=O)[C@@]1(C)Cn2c(cc3occc32)C(=O)N1Cc1cccc(Br)c1. The number of hydrogen-bond donors (Lipinski definition) is 1. The molecule has 1 fully saturated rings. The first-order valence-corrected chi connectivity index (χ1v) is 12.1. The highest BCUT2D eigenvalue weighted by Crippen LogP contribution is 2.35. The number of furan rings is 1. The van der Waals surface area contributed by atoms with Crippen LogP contribution in [0.1, 0.15) is 55.6 Å². The molecule has 1 aliphatic carbocycles. The van der Waals surface area contributed by atoms with E-state index in [4.69, 9.17) is 4.42 Å². The highest BCUT2D eigenvalue weighted by molar-refractivity contribution is 9.10. The predicted molar refractivity (Wildman–Crippen MR) is 126 cm³/mol. The zero-order chi connectivity index (χ0) is 22.5. The summed E-state index contributed by atoms with van der Waals surface area (Å²) in [6.45, 7) is 4.84. The average molecular weight is 498 g/mol. The van der Waals surface area contributed by atoms with Gasteiger partial charge in [-0.05, 0) is 43.4 Å². The molecular weight excluding hydrogens is 470 g/mol. The van der Waals surface area contributed by atoms with Crippen molar-refractivity contribution in [2.45, 2.75) is 64.2 Å². The Balaban J connectivity index is 1.53. The topological polar surface area (TPSA) is 67.5 Å². The third-order valence-electron chi connectivity index (χ3n) is 7.20. The van der Waals surface area contributed by atoms with Crippen molar-refractivity contribution in [2.24, 2.45) is 5.92 Å². The fourth-order valence-electron chi connectivity index (χ4n) is 5.19. The smallest absolute Gasteiger partial charge is 0.271 e. The maximum absolute atomic E-state index is 13.8. The van der Waals surface area contributed by atoms with E-state index in [1.807, 2.05) is 41.8 Å². The van der Waals surface area contributed by atoms with E-state index in [1.54, 1.807) is 17.2 Å². The van der Waals surface area contributed by atoms with Crippen LogP contribution in [-0.4, -0.2) is 32.9 Å². The molecule has 3 aromatic rings. The number of amides is 2. The first kappa shape index (κ1) is 21.3. The predicted octanol–water partition coefficient (Wildman–Crippen LogP) is 5.11. The molecule has 2 aliphatic rings. The molecule has 1 N–H and O–H groups in total. The zero-order valence-corrected chi connectivity index (χ0v) is 20.0. The third-order valence-corrected chi connectivity index (χ3v) is 7.69. The minimum absolute atomic E-state index is 0.0874. The lowest BCUT2D eigenvalue weighted by atomic mass is 9.85. The van der Waals surface area contributed by atoms with Gasteiger partial charge >= 0.3 is 0 Å². The minimum atomic E-state index is -1.02. The molecule has 1 saturated carbocycles. The van der Waals surface area contributed by atoms with Crippen molar-refractivity contribution in [3.63, 3.8) is 0 Å². The molecule has 1 aromatic carbocycles. The highest BCUT2D eigenvalue weighted by Gasteiger charge is 2.48. The Kier molecular flexibility index (Phi) is 5.40. The Morgan fingerprint density at radius 2 is 2.06 bits per heavy atom. The summed E-state index contributed by atoms with van der Waals surface area (Å²) in [5.41, 5.74) is 2.03. The normalized spacial score (nSPS) is 25.7. The van der Waals surface area contributed by atoms with E-state index in [2.05, 4.69) is 28.2 Å². The van der Waals surface area contributed by atoms with E-state index in [1.165, 1.54) is 6.42 Å². The molecule has 0 spiro atoms. The summed E-state index contributed by atoms with van der Waals surface area (Å²) in [5, 5.41) is 3.31. The molecule has 0 radical (unpaired) electrons. The Hall–Kier alpha value is -2.54. The van der Waals surface area contributed by atoms with Gasteiger partial charge in [0.05, 0.1) is 18.3 Å². The molecule has 1 aliphatic heterocycles. The summed E-state index contributed by atoms with van der Waals surface area (Å²) in [7, 11) is 0. The van der Waals surface area contributed by atoms with Gasteiger partial charge in [-0.3, -0.25) is 9.59 Å². The van der Waals surface area contributed by atoms with E-state index in [-0.39, 0.29) is 17.9 Å². The number of hydrogen-bond acceptors (Lipinski definition) is 3. The van der Waals surface area contributed by atoms with Crippen molar-refractivity contribution in [1.82, 2.24) is 14.8 Å². The average Bonchev–Trinajstić information content (AvgIpc) is 3.35. The van der Waals surface area contributed by atoms with Gasteiger partial charge in [0, 0.05) is 29.2 Å². The van der Waals surface area contributed by atoms with Crippen LogP contribution in [-0.2, 0) is 17.9 Å². The lowest BCUT2D eigenvalue weighted by Crippen LogP contribution is -2.65. The lowest BCUT2D eigenvalue weighted by Gasteiger charge is -2.45. The summed E-state index contributed by atoms with van der Waals surface area (Å²) in [6, 6.07) is 11.7. The van der Waals surface area contributed by atoms with Gasteiger partial charge in [-0.25, -0.2) is 0 Å². The Morgan fingerprint density at radius 3 is 2.84 bits per heavy atom. The molecule has 0 unspecified atom stereocenters. The third kappa shape index (κ3) is 3.56. The van der Waals surface area contributed by atoms with E-state index >= 15 is 0 Å². The van der Waals surface area contributed by atoms with Gasteiger partial charge < -0.3 is 19.2 Å². The van der Waals surface area contributed by atoms with Crippen molar-refractivity contribution in [3.05, 3.63) is 58.4 Å². The van der Waals surface area contributed by atoms with Crippen molar-refractivity contribution in [1.29, 1.82) is 0 Å². The Labute approximate surface area is 196 Å². The summed E-state index contributed by atoms with van der Waals surface area (Å²) < 4.78 is 8.43. The molecule has 7 heteroatoms. The second-order valence-electron chi connectivity index (χ2n) is 9.42. The maximum atomic E-state index is 13.8. The van der Waals surface area contributed by atoms with Crippen LogP contribution in [0.15, 0.2) is 51.6 Å². The largest absolute Gasteiger partial charge is 0.463 e. The molecule has 0 bridgehead atoms. The first-order chi connectivity index (χ1) is 15.4. The van der Waals surface area contributed by atoms with Gasteiger partial charge in [-0.15, -0.1) is 0 Å². The Bertz CT molecular complexity index is 1180. The van der Waals surface area contributed by atoms with Gasteiger partial charge in [0.25, 0.3) is 5.91 Å². The standard InChI is InChI=1S/C25H28BrN3O3/c1-16-6-3-4-9-19(16)27-24(31)25(2)15-28-20-10-11-32-22(20)13-21(28)23(30)29(25)14-17-7-5-8-18(26)12-17/h5,7-8,10-13,16,19H,3-4,6,9,14-15H2,1-2H3,(H,27,31)/t16-,19-,25-/m1/s1. The van der Waals surface area contributed by atoms with E-state index in [0.717, 1.165) is 34.8 Å². The zero-order valence-electron chi connectivity index (χ0n) is 18.4. The number of fused-ring (bicyclic) bond motifs is 3. The summed E-state index contributed by atoms with van der Waals surface area (Å²) >= 11 is 3.52. The molecule has 5 rings (SSSR count). The van der Waals surface area contributed by atoms with Gasteiger partial charge in [0.15, 0.2) is 5.58 Å². The second-order valence-corrected chi connectivity index (χ2v) is 10.3. The molecule has 2 amide bonds. The number of nitrogens with zero attached hydrogens (tertiary/aromatic N) is 2. The van der Waals surface area contributed by atoms with Crippen LogP contribution in [0.4, 0.5) is 0 Å². The van der Waals surface area contributed by atoms with E-state index in [0.29, 0.717) is 30.3 Å². The number of benzene rings is 1. The second kappa shape index (κ2) is 8.10. The molecule has 3 atom stereocenters. The van der Waals surface area contributed by atoms with E-state index < -0.39 is 5.54 Å². The number of rotatable bonds is 4. The highest BCUT2D eigenvalue weighted by atomic mass is 79.9. The van der Waals surface area contributed by atoms with Gasteiger partial charge in [-0.2, -0.15) is 0 Å². The van der Waals surface area contributed by atoms with Crippen LogP contribution in [0.5, 0.6) is 0 Å². The molecule has 0 saturated heterocycles.